The Kier molecular flexibility index (Phi) is 9.28. The lowest BCUT2D eigenvalue weighted by atomic mass is 9.97. The van der Waals surface area contributed by atoms with E-state index < -0.39 is 0 Å². The van der Waals surface area contributed by atoms with Crippen molar-refractivity contribution in [2.24, 2.45) is 0 Å². The third-order valence-electron chi connectivity index (χ3n) is 9.26. The summed E-state index contributed by atoms with van der Waals surface area (Å²) in [4.78, 5) is 19.8. The van der Waals surface area contributed by atoms with Gasteiger partial charge in [-0.1, -0.05) is 134 Å². The molecule has 53 heavy (non-hydrogen) atoms. The molecule has 0 atom stereocenters. The molecule has 0 radical (unpaired) electrons. The number of thiazole rings is 1. The highest BCUT2D eigenvalue weighted by molar-refractivity contribution is 7.21. The zero-order valence-corrected chi connectivity index (χ0v) is 30.6. The van der Waals surface area contributed by atoms with Gasteiger partial charge in [0.2, 0.25) is 0 Å². The van der Waals surface area contributed by atoms with Crippen LogP contribution in [0.3, 0.4) is 0 Å². The Morgan fingerprint density at radius 1 is 0.660 bits per heavy atom. The highest BCUT2D eigenvalue weighted by Crippen LogP contribution is 2.40. The quantitative estimate of drug-likeness (QED) is 0.140. The number of benzene rings is 5. The molecule has 0 unspecified atom stereocenters. The maximum atomic E-state index is 6.71. The molecule has 0 amide bonds. The van der Waals surface area contributed by atoms with Gasteiger partial charge in [-0.2, -0.15) is 0 Å². The van der Waals surface area contributed by atoms with Gasteiger partial charge in [0.15, 0.2) is 17.5 Å². The van der Waals surface area contributed by atoms with E-state index in [0.29, 0.717) is 17.5 Å². The average molecular weight is 705 g/mol. The number of hydrogen-bond acceptors (Lipinski definition) is 6. The minimum absolute atomic E-state index is 0.607. The SMILES string of the molecule is C=CC(=C\C=C/C)/C(=C/C)c1oc2c(-c3cccc(-c4nc5cc(-c6nc(-c7ccccc7)nc(-c7ccccc7)n6)ccc5s4)c3)cccc2c1C. The highest BCUT2D eigenvalue weighted by atomic mass is 32.1. The lowest BCUT2D eigenvalue weighted by Crippen LogP contribution is -2.00. The minimum Gasteiger partial charge on any atom is -0.455 e. The molecule has 256 valence electrons. The topological polar surface area (TPSA) is 64.7 Å². The van der Waals surface area contributed by atoms with E-state index in [4.69, 9.17) is 24.4 Å². The van der Waals surface area contributed by atoms with Crippen LogP contribution in [0.2, 0.25) is 0 Å². The molecule has 3 aromatic heterocycles. The molecule has 0 aliphatic heterocycles. The molecule has 8 rings (SSSR count). The number of rotatable bonds is 9. The van der Waals surface area contributed by atoms with E-state index >= 15 is 0 Å². The van der Waals surface area contributed by atoms with Gasteiger partial charge >= 0.3 is 0 Å². The van der Waals surface area contributed by atoms with Crippen molar-refractivity contribution < 1.29 is 4.42 Å². The Labute approximate surface area is 313 Å². The van der Waals surface area contributed by atoms with E-state index in [2.05, 4.69) is 86.3 Å². The Morgan fingerprint density at radius 3 is 1.96 bits per heavy atom. The van der Waals surface area contributed by atoms with Crippen LogP contribution in [0.5, 0.6) is 0 Å². The van der Waals surface area contributed by atoms with Crippen LogP contribution in [-0.2, 0) is 0 Å². The van der Waals surface area contributed by atoms with Crippen LogP contribution in [0.15, 0.2) is 168 Å². The second kappa shape index (κ2) is 14.6. The molecule has 5 aromatic carbocycles. The first-order valence-electron chi connectivity index (χ1n) is 17.6. The molecule has 0 saturated carbocycles. The van der Waals surface area contributed by atoms with Gasteiger partial charge < -0.3 is 4.42 Å². The maximum absolute atomic E-state index is 6.71. The summed E-state index contributed by atoms with van der Waals surface area (Å²) in [6, 6.07) is 41.2. The van der Waals surface area contributed by atoms with Crippen LogP contribution >= 0.6 is 11.3 Å². The zero-order valence-electron chi connectivity index (χ0n) is 29.7. The Balaban J connectivity index is 1.17. The highest BCUT2D eigenvalue weighted by Gasteiger charge is 2.19. The molecular formula is C47H36N4OS. The third-order valence-corrected chi connectivity index (χ3v) is 10.3. The van der Waals surface area contributed by atoms with E-state index in [-0.39, 0.29) is 0 Å². The van der Waals surface area contributed by atoms with Gasteiger partial charge in [-0.25, -0.2) is 19.9 Å². The lowest BCUT2D eigenvalue weighted by molar-refractivity contribution is 0.598. The summed E-state index contributed by atoms with van der Waals surface area (Å²) < 4.78 is 7.80. The van der Waals surface area contributed by atoms with Crippen LogP contribution in [-0.4, -0.2) is 19.9 Å². The van der Waals surface area contributed by atoms with Crippen molar-refractivity contribution in [3.05, 3.63) is 175 Å². The number of furan rings is 1. The van der Waals surface area contributed by atoms with Gasteiger partial charge in [0.05, 0.1) is 10.2 Å². The van der Waals surface area contributed by atoms with Crippen LogP contribution in [0.1, 0.15) is 25.2 Å². The van der Waals surface area contributed by atoms with Gasteiger partial charge in [0, 0.05) is 44.3 Å². The number of nitrogens with zero attached hydrogens (tertiary/aromatic N) is 4. The Morgan fingerprint density at radius 2 is 1.30 bits per heavy atom. The second-order valence-electron chi connectivity index (χ2n) is 12.6. The molecule has 5 nitrogen and oxygen atoms in total. The summed E-state index contributed by atoms with van der Waals surface area (Å²) in [5, 5.41) is 2.03. The first-order chi connectivity index (χ1) is 26.0. The van der Waals surface area contributed by atoms with Crippen LogP contribution in [0, 0.1) is 6.92 Å². The van der Waals surface area contributed by atoms with E-state index in [9.17, 15) is 0 Å². The second-order valence-corrected chi connectivity index (χ2v) is 13.6. The van der Waals surface area contributed by atoms with Gasteiger partial charge in [-0.3, -0.25) is 0 Å². The monoisotopic (exact) mass is 704 g/mol. The van der Waals surface area contributed by atoms with Crippen molar-refractivity contribution in [3.8, 4) is 55.9 Å². The number of aryl methyl sites for hydroxylation is 1. The van der Waals surface area contributed by atoms with Crippen LogP contribution in [0.25, 0.3) is 82.6 Å². The first kappa shape index (κ1) is 33.6. The van der Waals surface area contributed by atoms with E-state index in [0.717, 1.165) is 82.0 Å². The normalized spacial score (nSPS) is 12.3. The van der Waals surface area contributed by atoms with Gasteiger partial charge in [-0.15, -0.1) is 11.3 Å². The standard InChI is InChI=1S/C47H36N4OS/c1-5-8-17-31(6-2)37(7-3)42-30(4)38-24-16-25-39(43(38)52-42)34-22-15-23-36(28-34)47-48-40-29-35(26-27-41(40)53-47)46-50-44(32-18-11-9-12-19-32)49-45(51-46)33-20-13-10-14-21-33/h5-29H,2H2,1,3-4H3/b8-5-,31-17+,37-7-. The van der Waals surface area contributed by atoms with Crippen molar-refractivity contribution in [2.75, 3.05) is 0 Å². The number of aromatic nitrogens is 4. The zero-order chi connectivity index (χ0) is 36.3. The third kappa shape index (κ3) is 6.57. The molecule has 8 aromatic rings. The van der Waals surface area contributed by atoms with Gasteiger partial charge in [-0.05, 0) is 56.2 Å². The molecule has 0 bridgehead atoms. The summed E-state index contributed by atoms with van der Waals surface area (Å²) in [6.07, 6.45) is 10.1. The fourth-order valence-corrected chi connectivity index (χ4v) is 7.51. The molecule has 0 saturated heterocycles. The first-order valence-corrected chi connectivity index (χ1v) is 18.4. The number of fused-ring (bicyclic) bond motifs is 2. The smallest absolute Gasteiger partial charge is 0.164 e. The predicted octanol–water partition coefficient (Wildman–Crippen LogP) is 13.0. The summed E-state index contributed by atoms with van der Waals surface area (Å²) in [6.45, 7) is 10.2. The molecule has 6 heteroatoms. The molecule has 0 spiro atoms. The van der Waals surface area contributed by atoms with Gasteiger partial charge in [0.25, 0.3) is 0 Å². The summed E-state index contributed by atoms with van der Waals surface area (Å²) in [7, 11) is 0. The maximum Gasteiger partial charge on any atom is 0.164 e. The number of allylic oxidation sites excluding steroid dienone is 7. The van der Waals surface area contributed by atoms with E-state index in [1.165, 1.54) is 0 Å². The summed E-state index contributed by atoms with van der Waals surface area (Å²) >= 11 is 1.67. The van der Waals surface area contributed by atoms with Crippen LogP contribution < -0.4 is 0 Å². The molecule has 0 aliphatic rings. The van der Waals surface area contributed by atoms with Crippen molar-refractivity contribution >= 4 is 38.1 Å². The number of para-hydroxylation sites is 1. The average Bonchev–Trinajstić information content (AvgIpc) is 3.80. The molecule has 3 heterocycles. The largest absolute Gasteiger partial charge is 0.455 e. The molecule has 0 N–H and O–H groups in total. The van der Waals surface area contributed by atoms with Gasteiger partial charge in [0.1, 0.15) is 16.4 Å². The number of hydrogen-bond donors (Lipinski definition) is 0. The van der Waals surface area contributed by atoms with Crippen molar-refractivity contribution in [2.45, 2.75) is 20.8 Å². The molecule has 0 fully saturated rings. The van der Waals surface area contributed by atoms with E-state index in [1.54, 1.807) is 11.3 Å². The lowest BCUT2D eigenvalue weighted by Gasteiger charge is -2.08. The molecule has 0 aliphatic carbocycles. The summed E-state index contributed by atoms with van der Waals surface area (Å²) in [5.41, 5.74) is 10.8. The predicted molar refractivity (Wildman–Crippen MR) is 221 cm³/mol. The van der Waals surface area contributed by atoms with Crippen molar-refractivity contribution in [1.82, 2.24) is 19.9 Å². The fourth-order valence-electron chi connectivity index (χ4n) is 6.57. The van der Waals surface area contributed by atoms with Crippen molar-refractivity contribution in [1.29, 1.82) is 0 Å². The van der Waals surface area contributed by atoms with E-state index in [1.807, 2.05) is 92.7 Å². The fraction of sp³-hybridized carbons (Fsp3) is 0.0638. The summed E-state index contributed by atoms with van der Waals surface area (Å²) in [5.74, 6) is 2.73. The Bertz CT molecular complexity index is 2660. The van der Waals surface area contributed by atoms with Crippen molar-refractivity contribution in [3.63, 3.8) is 0 Å². The Hall–Kier alpha value is -6.50. The minimum atomic E-state index is 0.607. The molecular weight excluding hydrogens is 669 g/mol. The van der Waals surface area contributed by atoms with Crippen LogP contribution in [0.4, 0.5) is 0 Å².